The number of hydrogen-bond acceptors (Lipinski definition) is 3. The van der Waals surface area contributed by atoms with Gasteiger partial charge >= 0.3 is 0 Å². The minimum atomic E-state index is 0.300. The standard InChI is InChI=1S/C16H28N2O/c1-12(2)17-10-11-19-16-9-7-6-8-15(16)14(5)18-13(3)4/h6-9,12-14,17-18H,10-11H2,1-5H3. The van der Waals surface area contributed by atoms with Gasteiger partial charge in [0.1, 0.15) is 12.4 Å². The Balaban J connectivity index is 2.57. The maximum atomic E-state index is 5.89. The predicted molar refractivity (Wildman–Crippen MR) is 81.8 cm³/mol. The highest BCUT2D eigenvalue weighted by Gasteiger charge is 2.11. The third kappa shape index (κ3) is 6.08. The number of nitrogens with one attached hydrogen (secondary N) is 2. The summed E-state index contributed by atoms with van der Waals surface area (Å²) in [5.41, 5.74) is 1.22. The molecule has 3 heteroatoms. The van der Waals surface area contributed by atoms with Crippen LogP contribution in [-0.4, -0.2) is 25.2 Å². The normalized spacial score (nSPS) is 13.0. The fourth-order valence-corrected chi connectivity index (χ4v) is 2.07. The molecule has 0 spiro atoms. The van der Waals surface area contributed by atoms with Crippen LogP contribution in [0.5, 0.6) is 5.75 Å². The summed E-state index contributed by atoms with van der Waals surface area (Å²) in [5, 5.41) is 6.87. The highest BCUT2D eigenvalue weighted by Crippen LogP contribution is 2.24. The summed E-state index contributed by atoms with van der Waals surface area (Å²) in [6.45, 7) is 12.3. The van der Waals surface area contributed by atoms with Crippen LogP contribution in [0.4, 0.5) is 0 Å². The van der Waals surface area contributed by atoms with Crippen molar-refractivity contribution in [3.05, 3.63) is 29.8 Å². The smallest absolute Gasteiger partial charge is 0.124 e. The van der Waals surface area contributed by atoms with Crippen LogP contribution in [0.25, 0.3) is 0 Å². The average molecular weight is 264 g/mol. The lowest BCUT2D eigenvalue weighted by atomic mass is 10.1. The molecule has 108 valence electrons. The Hall–Kier alpha value is -1.06. The maximum Gasteiger partial charge on any atom is 0.124 e. The van der Waals surface area contributed by atoms with E-state index in [0.717, 1.165) is 12.3 Å². The van der Waals surface area contributed by atoms with Gasteiger partial charge < -0.3 is 15.4 Å². The predicted octanol–water partition coefficient (Wildman–Crippen LogP) is 3.12. The van der Waals surface area contributed by atoms with E-state index in [0.29, 0.717) is 24.7 Å². The van der Waals surface area contributed by atoms with Crippen LogP contribution in [0.3, 0.4) is 0 Å². The maximum absolute atomic E-state index is 5.89. The van der Waals surface area contributed by atoms with Crippen LogP contribution in [0.2, 0.25) is 0 Å². The van der Waals surface area contributed by atoms with Crippen molar-refractivity contribution in [2.24, 2.45) is 0 Å². The Kier molecular flexibility index (Phi) is 6.89. The second-order valence-corrected chi connectivity index (χ2v) is 5.54. The van der Waals surface area contributed by atoms with Crippen molar-refractivity contribution < 1.29 is 4.74 Å². The summed E-state index contributed by atoms with van der Waals surface area (Å²) in [7, 11) is 0. The van der Waals surface area contributed by atoms with Gasteiger partial charge in [0.25, 0.3) is 0 Å². The van der Waals surface area contributed by atoms with E-state index in [-0.39, 0.29) is 0 Å². The molecular formula is C16H28N2O. The van der Waals surface area contributed by atoms with E-state index >= 15 is 0 Å². The lowest BCUT2D eigenvalue weighted by molar-refractivity contribution is 0.302. The monoisotopic (exact) mass is 264 g/mol. The number of ether oxygens (including phenoxy) is 1. The van der Waals surface area contributed by atoms with Crippen molar-refractivity contribution >= 4 is 0 Å². The van der Waals surface area contributed by atoms with Gasteiger partial charge in [-0.2, -0.15) is 0 Å². The van der Waals surface area contributed by atoms with E-state index in [4.69, 9.17) is 4.74 Å². The summed E-state index contributed by atoms with van der Waals surface area (Å²) < 4.78 is 5.89. The zero-order chi connectivity index (χ0) is 14.3. The van der Waals surface area contributed by atoms with Crippen LogP contribution in [-0.2, 0) is 0 Å². The Morgan fingerprint density at radius 3 is 2.32 bits per heavy atom. The fraction of sp³-hybridized carbons (Fsp3) is 0.625. The SMILES string of the molecule is CC(C)NCCOc1ccccc1C(C)NC(C)C. The molecule has 1 rings (SSSR count). The molecule has 0 radical (unpaired) electrons. The molecular weight excluding hydrogens is 236 g/mol. The van der Waals surface area contributed by atoms with Gasteiger partial charge in [-0.25, -0.2) is 0 Å². The number of benzene rings is 1. The van der Waals surface area contributed by atoms with Crippen LogP contribution in [0.1, 0.15) is 46.2 Å². The van der Waals surface area contributed by atoms with Gasteiger partial charge in [-0.05, 0) is 13.0 Å². The molecule has 1 atom stereocenters. The number of para-hydroxylation sites is 1. The zero-order valence-corrected chi connectivity index (χ0v) is 12.9. The van der Waals surface area contributed by atoms with Crippen molar-refractivity contribution in [3.63, 3.8) is 0 Å². The van der Waals surface area contributed by atoms with Crippen molar-refractivity contribution in [2.75, 3.05) is 13.2 Å². The molecule has 0 aliphatic carbocycles. The van der Waals surface area contributed by atoms with Crippen molar-refractivity contribution in [2.45, 2.75) is 52.7 Å². The summed E-state index contributed by atoms with van der Waals surface area (Å²) in [4.78, 5) is 0. The van der Waals surface area contributed by atoms with Crippen LogP contribution in [0, 0.1) is 0 Å². The first-order chi connectivity index (χ1) is 9.00. The summed E-state index contributed by atoms with van der Waals surface area (Å²) in [5.74, 6) is 0.980. The van der Waals surface area contributed by atoms with E-state index in [2.05, 4.69) is 57.4 Å². The zero-order valence-electron chi connectivity index (χ0n) is 12.9. The molecule has 0 fully saturated rings. The average Bonchev–Trinajstić information content (AvgIpc) is 2.34. The Morgan fingerprint density at radius 2 is 1.68 bits per heavy atom. The van der Waals surface area contributed by atoms with Gasteiger partial charge in [-0.3, -0.25) is 0 Å². The Morgan fingerprint density at radius 1 is 1.00 bits per heavy atom. The van der Waals surface area contributed by atoms with Gasteiger partial charge in [0.15, 0.2) is 0 Å². The first kappa shape index (κ1) is 16.0. The molecule has 0 aromatic heterocycles. The molecule has 0 saturated carbocycles. The lowest BCUT2D eigenvalue weighted by Crippen LogP contribution is -2.28. The molecule has 0 aliphatic rings. The topological polar surface area (TPSA) is 33.3 Å². The summed E-state index contributed by atoms with van der Waals surface area (Å²) in [6.07, 6.45) is 0. The van der Waals surface area contributed by atoms with Gasteiger partial charge in [-0.15, -0.1) is 0 Å². The molecule has 0 aliphatic heterocycles. The van der Waals surface area contributed by atoms with E-state index in [9.17, 15) is 0 Å². The van der Waals surface area contributed by atoms with E-state index in [1.54, 1.807) is 0 Å². The van der Waals surface area contributed by atoms with Crippen molar-refractivity contribution in [3.8, 4) is 5.75 Å². The van der Waals surface area contributed by atoms with Crippen LogP contribution >= 0.6 is 0 Å². The molecule has 1 unspecified atom stereocenters. The highest BCUT2D eigenvalue weighted by molar-refractivity contribution is 5.35. The third-order valence-electron chi connectivity index (χ3n) is 2.88. The summed E-state index contributed by atoms with van der Waals surface area (Å²) >= 11 is 0. The lowest BCUT2D eigenvalue weighted by Gasteiger charge is -2.20. The van der Waals surface area contributed by atoms with E-state index < -0.39 is 0 Å². The molecule has 0 bridgehead atoms. The fourth-order valence-electron chi connectivity index (χ4n) is 2.07. The minimum Gasteiger partial charge on any atom is -0.492 e. The third-order valence-corrected chi connectivity index (χ3v) is 2.88. The summed E-state index contributed by atoms with van der Waals surface area (Å²) in [6, 6.07) is 9.53. The molecule has 0 heterocycles. The highest BCUT2D eigenvalue weighted by atomic mass is 16.5. The van der Waals surface area contributed by atoms with Gasteiger partial charge in [-0.1, -0.05) is 45.9 Å². The Labute approximate surface area is 117 Å². The van der Waals surface area contributed by atoms with Gasteiger partial charge in [0.2, 0.25) is 0 Å². The van der Waals surface area contributed by atoms with Crippen LogP contribution < -0.4 is 15.4 Å². The van der Waals surface area contributed by atoms with Gasteiger partial charge in [0, 0.05) is 30.2 Å². The van der Waals surface area contributed by atoms with E-state index in [1.165, 1.54) is 5.56 Å². The second kappa shape index (κ2) is 8.18. The Bertz CT molecular complexity index is 364. The molecule has 2 N–H and O–H groups in total. The second-order valence-electron chi connectivity index (χ2n) is 5.54. The number of hydrogen-bond donors (Lipinski definition) is 2. The molecule has 3 nitrogen and oxygen atoms in total. The van der Waals surface area contributed by atoms with Crippen LogP contribution in [0.15, 0.2) is 24.3 Å². The largest absolute Gasteiger partial charge is 0.492 e. The number of rotatable bonds is 8. The molecule has 19 heavy (non-hydrogen) atoms. The van der Waals surface area contributed by atoms with Crippen molar-refractivity contribution in [1.29, 1.82) is 0 Å². The molecule has 0 saturated heterocycles. The molecule has 0 amide bonds. The first-order valence-corrected chi connectivity index (χ1v) is 7.22. The molecule has 1 aromatic carbocycles. The van der Waals surface area contributed by atoms with E-state index in [1.807, 2.05) is 12.1 Å². The van der Waals surface area contributed by atoms with Crippen molar-refractivity contribution in [1.82, 2.24) is 10.6 Å². The quantitative estimate of drug-likeness (QED) is 0.708. The first-order valence-electron chi connectivity index (χ1n) is 7.22. The molecule has 1 aromatic rings. The minimum absolute atomic E-state index is 0.300. The van der Waals surface area contributed by atoms with Gasteiger partial charge in [0.05, 0.1) is 0 Å².